The Bertz CT molecular complexity index is 276. The molecule has 1 amide bonds. The summed E-state index contributed by atoms with van der Waals surface area (Å²) in [5.41, 5.74) is 0. The second kappa shape index (κ2) is 6.53. The number of carbonyl (C=O) groups is 1. The minimum absolute atomic E-state index is 0.218. The van der Waals surface area contributed by atoms with Crippen LogP contribution in [0.5, 0.6) is 0 Å². The number of nitrogens with one attached hydrogen (secondary N) is 1. The summed E-state index contributed by atoms with van der Waals surface area (Å²) in [5.74, 6) is 1.35. The lowest BCUT2D eigenvalue weighted by Gasteiger charge is -2.27. The Kier molecular flexibility index (Phi) is 5.01. The third-order valence-electron chi connectivity index (χ3n) is 4.38. The SMILES string of the molecule is CN1CCC(CCN(C)C(=O)C2CCCNC2)C1. The van der Waals surface area contributed by atoms with Crippen LogP contribution in [0, 0.1) is 11.8 Å². The fraction of sp³-hybridized carbons (Fsp3) is 0.929. The first-order valence-electron chi connectivity index (χ1n) is 7.31. The second-order valence-corrected chi connectivity index (χ2v) is 6.01. The van der Waals surface area contributed by atoms with E-state index >= 15 is 0 Å². The van der Waals surface area contributed by atoms with Crippen molar-refractivity contribution < 1.29 is 4.79 Å². The number of likely N-dealkylation sites (tertiary alicyclic amines) is 1. The fourth-order valence-electron chi connectivity index (χ4n) is 3.12. The van der Waals surface area contributed by atoms with Crippen molar-refractivity contribution in [1.29, 1.82) is 0 Å². The fourth-order valence-corrected chi connectivity index (χ4v) is 3.12. The van der Waals surface area contributed by atoms with Crippen LogP contribution in [-0.2, 0) is 4.79 Å². The Balaban J connectivity index is 1.70. The van der Waals surface area contributed by atoms with Crippen molar-refractivity contribution in [3.63, 3.8) is 0 Å². The highest BCUT2D eigenvalue weighted by molar-refractivity contribution is 5.78. The van der Waals surface area contributed by atoms with Crippen LogP contribution in [0.3, 0.4) is 0 Å². The first-order chi connectivity index (χ1) is 8.66. The quantitative estimate of drug-likeness (QED) is 0.804. The van der Waals surface area contributed by atoms with Gasteiger partial charge >= 0.3 is 0 Å². The summed E-state index contributed by atoms with van der Waals surface area (Å²) in [4.78, 5) is 16.6. The molecule has 4 heteroatoms. The number of hydrogen-bond acceptors (Lipinski definition) is 3. The molecule has 0 aromatic heterocycles. The van der Waals surface area contributed by atoms with Crippen LogP contribution in [0.25, 0.3) is 0 Å². The van der Waals surface area contributed by atoms with Gasteiger partial charge in [-0.2, -0.15) is 0 Å². The van der Waals surface area contributed by atoms with Crippen molar-refractivity contribution in [1.82, 2.24) is 15.1 Å². The molecule has 2 atom stereocenters. The van der Waals surface area contributed by atoms with Gasteiger partial charge in [-0.3, -0.25) is 4.79 Å². The summed E-state index contributed by atoms with van der Waals surface area (Å²) >= 11 is 0. The molecule has 0 spiro atoms. The van der Waals surface area contributed by atoms with E-state index in [1.54, 1.807) is 0 Å². The Morgan fingerprint density at radius 1 is 1.44 bits per heavy atom. The number of piperidine rings is 1. The third-order valence-corrected chi connectivity index (χ3v) is 4.38. The lowest BCUT2D eigenvalue weighted by molar-refractivity contribution is -0.134. The summed E-state index contributed by atoms with van der Waals surface area (Å²) < 4.78 is 0. The monoisotopic (exact) mass is 253 g/mol. The smallest absolute Gasteiger partial charge is 0.226 e. The molecular formula is C14H27N3O. The molecular weight excluding hydrogens is 226 g/mol. The van der Waals surface area contributed by atoms with E-state index in [0.717, 1.165) is 44.8 Å². The van der Waals surface area contributed by atoms with Crippen LogP contribution in [0.15, 0.2) is 0 Å². The molecule has 4 nitrogen and oxygen atoms in total. The zero-order chi connectivity index (χ0) is 13.0. The van der Waals surface area contributed by atoms with Gasteiger partial charge in [0.25, 0.3) is 0 Å². The molecule has 2 saturated heterocycles. The van der Waals surface area contributed by atoms with E-state index in [-0.39, 0.29) is 5.92 Å². The van der Waals surface area contributed by atoms with E-state index < -0.39 is 0 Å². The maximum absolute atomic E-state index is 12.2. The van der Waals surface area contributed by atoms with E-state index in [0.29, 0.717) is 5.91 Å². The van der Waals surface area contributed by atoms with E-state index in [9.17, 15) is 4.79 Å². The lowest BCUT2D eigenvalue weighted by Crippen LogP contribution is -2.42. The topological polar surface area (TPSA) is 35.6 Å². The van der Waals surface area contributed by atoms with Gasteiger partial charge in [0, 0.05) is 26.7 Å². The average molecular weight is 253 g/mol. The highest BCUT2D eigenvalue weighted by Crippen LogP contribution is 2.19. The molecule has 18 heavy (non-hydrogen) atoms. The Morgan fingerprint density at radius 3 is 2.89 bits per heavy atom. The van der Waals surface area contributed by atoms with Crippen LogP contribution in [-0.4, -0.2) is 62.5 Å². The van der Waals surface area contributed by atoms with Gasteiger partial charge in [-0.1, -0.05) is 0 Å². The molecule has 2 unspecified atom stereocenters. The summed E-state index contributed by atoms with van der Waals surface area (Å²) in [5, 5.41) is 3.32. The summed E-state index contributed by atoms with van der Waals surface area (Å²) in [6.07, 6.45) is 4.65. The third kappa shape index (κ3) is 3.69. The van der Waals surface area contributed by atoms with Crippen LogP contribution >= 0.6 is 0 Å². The molecule has 0 aromatic carbocycles. The zero-order valence-electron chi connectivity index (χ0n) is 11.8. The van der Waals surface area contributed by atoms with Crippen molar-refractivity contribution in [3.05, 3.63) is 0 Å². The lowest BCUT2D eigenvalue weighted by atomic mass is 9.97. The van der Waals surface area contributed by atoms with E-state index in [1.807, 2.05) is 11.9 Å². The molecule has 0 aromatic rings. The molecule has 2 rings (SSSR count). The zero-order valence-corrected chi connectivity index (χ0v) is 11.8. The second-order valence-electron chi connectivity index (χ2n) is 6.01. The maximum atomic E-state index is 12.2. The molecule has 2 fully saturated rings. The van der Waals surface area contributed by atoms with Gasteiger partial charge in [0.1, 0.15) is 0 Å². The number of amides is 1. The highest BCUT2D eigenvalue weighted by atomic mass is 16.2. The Labute approximate surface area is 111 Å². The minimum atomic E-state index is 0.218. The van der Waals surface area contributed by atoms with Gasteiger partial charge in [0.2, 0.25) is 5.91 Å². The summed E-state index contributed by atoms with van der Waals surface area (Å²) in [6, 6.07) is 0. The van der Waals surface area contributed by atoms with Gasteiger partial charge in [-0.25, -0.2) is 0 Å². The van der Waals surface area contributed by atoms with Gasteiger partial charge in [0.05, 0.1) is 5.92 Å². The van der Waals surface area contributed by atoms with Crippen molar-refractivity contribution >= 4 is 5.91 Å². The average Bonchev–Trinajstić information content (AvgIpc) is 2.82. The number of rotatable bonds is 4. The highest BCUT2D eigenvalue weighted by Gasteiger charge is 2.25. The number of carbonyl (C=O) groups excluding carboxylic acids is 1. The predicted octanol–water partition coefficient (Wildman–Crippen LogP) is 0.786. The first-order valence-corrected chi connectivity index (χ1v) is 7.31. The van der Waals surface area contributed by atoms with Crippen LogP contribution < -0.4 is 5.32 Å². The summed E-state index contributed by atoms with van der Waals surface area (Å²) in [7, 11) is 4.15. The van der Waals surface area contributed by atoms with Gasteiger partial charge < -0.3 is 15.1 Å². The molecule has 104 valence electrons. The maximum Gasteiger partial charge on any atom is 0.226 e. The first kappa shape index (κ1) is 13.8. The Hall–Kier alpha value is -0.610. The molecule has 2 aliphatic rings. The van der Waals surface area contributed by atoms with Gasteiger partial charge in [-0.15, -0.1) is 0 Å². The van der Waals surface area contributed by atoms with Crippen LogP contribution in [0.1, 0.15) is 25.7 Å². The minimum Gasteiger partial charge on any atom is -0.345 e. The van der Waals surface area contributed by atoms with Crippen molar-refractivity contribution in [2.45, 2.75) is 25.7 Å². The largest absolute Gasteiger partial charge is 0.345 e. The number of hydrogen-bond donors (Lipinski definition) is 1. The predicted molar refractivity (Wildman–Crippen MR) is 73.5 cm³/mol. The van der Waals surface area contributed by atoms with Gasteiger partial charge in [-0.05, 0) is 51.7 Å². The van der Waals surface area contributed by atoms with Gasteiger partial charge in [0.15, 0.2) is 0 Å². The van der Waals surface area contributed by atoms with Crippen LogP contribution in [0.4, 0.5) is 0 Å². The standard InChI is InChI=1S/C14H27N3O/c1-16-8-5-12(11-16)6-9-17(2)14(18)13-4-3-7-15-10-13/h12-13,15H,3-11H2,1-2H3. The van der Waals surface area contributed by atoms with Crippen molar-refractivity contribution in [2.75, 3.05) is 46.8 Å². The van der Waals surface area contributed by atoms with E-state index in [4.69, 9.17) is 0 Å². The van der Waals surface area contributed by atoms with Crippen molar-refractivity contribution in [2.24, 2.45) is 11.8 Å². The van der Waals surface area contributed by atoms with E-state index in [2.05, 4.69) is 17.3 Å². The molecule has 2 aliphatic heterocycles. The van der Waals surface area contributed by atoms with Crippen molar-refractivity contribution in [3.8, 4) is 0 Å². The van der Waals surface area contributed by atoms with Crippen LogP contribution in [0.2, 0.25) is 0 Å². The molecule has 0 bridgehead atoms. The molecule has 0 saturated carbocycles. The summed E-state index contributed by atoms with van der Waals surface area (Å²) in [6.45, 7) is 5.28. The molecule has 1 N–H and O–H groups in total. The molecule has 0 aliphatic carbocycles. The Morgan fingerprint density at radius 2 is 2.28 bits per heavy atom. The molecule has 0 radical (unpaired) electrons. The normalized spacial score (nSPS) is 29.4. The molecule has 2 heterocycles. The number of nitrogens with zero attached hydrogens (tertiary/aromatic N) is 2. The van der Waals surface area contributed by atoms with E-state index in [1.165, 1.54) is 19.5 Å².